The van der Waals surface area contributed by atoms with E-state index in [1.54, 1.807) is 14.2 Å². The van der Waals surface area contributed by atoms with E-state index in [1.165, 1.54) is 0 Å². The van der Waals surface area contributed by atoms with Crippen molar-refractivity contribution in [3.8, 4) is 11.5 Å². The Hall–Kier alpha value is -0.740. The van der Waals surface area contributed by atoms with E-state index in [4.69, 9.17) is 9.47 Å². The zero-order valence-corrected chi connectivity index (χ0v) is 10.1. The van der Waals surface area contributed by atoms with Gasteiger partial charge in [0.1, 0.15) is 0 Å². The molecule has 3 nitrogen and oxygen atoms in total. The Balaban J connectivity index is 3.18. The molecule has 78 valence electrons. The predicted octanol–water partition coefficient (Wildman–Crippen LogP) is 2.19. The number of methoxy groups -OCH3 is 2. The molecule has 0 radical (unpaired) electrons. The van der Waals surface area contributed by atoms with Gasteiger partial charge in [-0.3, -0.25) is 0 Å². The maximum atomic E-state index is 5.31. The molecule has 0 spiro atoms. The van der Waals surface area contributed by atoms with Crippen LogP contribution in [0.2, 0.25) is 0 Å². The second kappa shape index (κ2) is 5.22. The standard InChI is InChI=1S/C10H14BrNO2/c1-12-6-7-4-5-8(11)10(14-3)9(7)13-2/h4-5,12H,6H2,1-3H3. The van der Waals surface area contributed by atoms with Crippen LogP contribution in [0.5, 0.6) is 11.5 Å². The number of hydrogen-bond acceptors (Lipinski definition) is 3. The Morgan fingerprint density at radius 1 is 1.21 bits per heavy atom. The summed E-state index contributed by atoms with van der Waals surface area (Å²) in [5.74, 6) is 1.51. The fourth-order valence-corrected chi connectivity index (χ4v) is 1.80. The van der Waals surface area contributed by atoms with Crippen LogP contribution < -0.4 is 14.8 Å². The SMILES string of the molecule is CNCc1ccc(Br)c(OC)c1OC. The molecule has 0 saturated carbocycles. The van der Waals surface area contributed by atoms with Crippen molar-refractivity contribution in [2.24, 2.45) is 0 Å². The molecule has 14 heavy (non-hydrogen) atoms. The highest BCUT2D eigenvalue weighted by molar-refractivity contribution is 9.10. The summed E-state index contributed by atoms with van der Waals surface area (Å²) in [7, 11) is 5.17. The quantitative estimate of drug-likeness (QED) is 0.900. The third-order valence-electron chi connectivity index (χ3n) is 1.92. The largest absolute Gasteiger partial charge is 0.492 e. The molecule has 4 heteroatoms. The Bertz CT molecular complexity index is 315. The Morgan fingerprint density at radius 2 is 1.86 bits per heavy atom. The average molecular weight is 260 g/mol. The van der Waals surface area contributed by atoms with Gasteiger partial charge in [0.2, 0.25) is 0 Å². The predicted molar refractivity (Wildman–Crippen MR) is 60.0 cm³/mol. The number of benzene rings is 1. The van der Waals surface area contributed by atoms with E-state index in [-0.39, 0.29) is 0 Å². The summed E-state index contributed by atoms with van der Waals surface area (Å²) >= 11 is 3.41. The summed E-state index contributed by atoms with van der Waals surface area (Å²) in [5, 5.41) is 3.08. The lowest BCUT2D eigenvalue weighted by molar-refractivity contribution is 0.349. The topological polar surface area (TPSA) is 30.5 Å². The van der Waals surface area contributed by atoms with Gasteiger partial charge in [-0.05, 0) is 29.0 Å². The molecule has 0 aliphatic rings. The lowest BCUT2D eigenvalue weighted by atomic mass is 10.2. The van der Waals surface area contributed by atoms with Crippen LogP contribution in [0.4, 0.5) is 0 Å². The normalized spacial score (nSPS) is 10.0. The van der Waals surface area contributed by atoms with Gasteiger partial charge in [0.15, 0.2) is 11.5 Å². The van der Waals surface area contributed by atoms with E-state index >= 15 is 0 Å². The van der Waals surface area contributed by atoms with Gasteiger partial charge in [0.05, 0.1) is 18.7 Å². The minimum absolute atomic E-state index is 0.736. The van der Waals surface area contributed by atoms with Crippen LogP contribution >= 0.6 is 15.9 Å². The van der Waals surface area contributed by atoms with Gasteiger partial charge in [-0.2, -0.15) is 0 Å². The Kier molecular flexibility index (Phi) is 4.22. The van der Waals surface area contributed by atoms with Crippen molar-refractivity contribution in [3.05, 3.63) is 22.2 Å². The summed E-state index contributed by atoms with van der Waals surface area (Å²) < 4.78 is 11.5. The highest BCUT2D eigenvalue weighted by atomic mass is 79.9. The zero-order chi connectivity index (χ0) is 10.6. The Labute approximate surface area is 92.5 Å². The van der Waals surface area contributed by atoms with Crippen molar-refractivity contribution < 1.29 is 9.47 Å². The van der Waals surface area contributed by atoms with Gasteiger partial charge in [-0.1, -0.05) is 6.07 Å². The first-order valence-electron chi connectivity index (χ1n) is 4.28. The molecule has 0 atom stereocenters. The maximum Gasteiger partial charge on any atom is 0.175 e. The van der Waals surface area contributed by atoms with Gasteiger partial charge in [0.25, 0.3) is 0 Å². The minimum Gasteiger partial charge on any atom is -0.492 e. The van der Waals surface area contributed by atoms with Crippen LogP contribution in [0.25, 0.3) is 0 Å². The highest BCUT2D eigenvalue weighted by Gasteiger charge is 2.12. The second-order valence-corrected chi connectivity index (χ2v) is 3.66. The molecule has 1 rings (SSSR count). The average Bonchev–Trinajstić information content (AvgIpc) is 2.20. The first kappa shape index (κ1) is 11.3. The molecule has 1 aromatic carbocycles. The number of rotatable bonds is 4. The molecule has 0 fully saturated rings. The molecule has 0 unspecified atom stereocenters. The third kappa shape index (κ3) is 2.19. The van der Waals surface area contributed by atoms with E-state index in [9.17, 15) is 0 Å². The lowest BCUT2D eigenvalue weighted by Gasteiger charge is -2.13. The molecule has 0 saturated heterocycles. The van der Waals surface area contributed by atoms with Crippen LogP contribution in [-0.2, 0) is 6.54 Å². The first-order chi connectivity index (χ1) is 6.74. The van der Waals surface area contributed by atoms with E-state index in [0.29, 0.717) is 0 Å². The van der Waals surface area contributed by atoms with E-state index < -0.39 is 0 Å². The smallest absolute Gasteiger partial charge is 0.175 e. The summed E-state index contributed by atoms with van der Waals surface area (Å²) in [4.78, 5) is 0. The summed E-state index contributed by atoms with van der Waals surface area (Å²) in [6.07, 6.45) is 0. The zero-order valence-electron chi connectivity index (χ0n) is 8.56. The van der Waals surface area contributed by atoms with Crippen molar-refractivity contribution in [3.63, 3.8) is 0 Å². The van der Waals surface area contributed by atoms with Crippen molar-refractivity contribution in [1.29, 1.82) is 0 Å². The van der Waals surface area contributed by atoms with Crippen molar-refractivity contribution in [2.45, 2.75) is 6.54 Å². The molecule has 0 bridgehead atoms. The number of ether oxygens (including phenoxy) is 2. The molecular formula is C10H14BrNO2. The van der Waals surface area contributed by atoms with Gasteiger partial charge >= 0.3 is 0 Å². The van der Waals surface area contributed by atoms with Crippen LogP contribution in [0.1, 0.15) is 5.56 Å². The van der Waals surface area contributed by atoms with E-state index in [1.807, 2.05) is 19.2 Å². The number of halogens is 1. The van der Waals surface area contributed by atoms with Gasteiger partial charge < -0.3 is 14.8 Å². The highest BCUT2D eigenvalue weighted by Crippen LogP contribution is 2.37. The Morgan fingerprint density at radius 3 is 2.36 bits per heavy atom. The number of nitrogens with one attached hydrogen (secondary N) is 1. The van der Waals surface area contributed by atoms with Crippen molar-refractivity contribution in [2.75, 3.05) is 21.3 Å². The van der Waals surface area contributed by atoms with Crippen molar-refractivity contribution >= 4 is 15.9 Å². The van der Waals surface area contributed by atoms with E-state index in [0.717, 1.165) is 28.1 Å². The summed E-state index contributed by atoms with van der Waals surface area (Å²) in [6, 6.07) is 3.95. The fraction of sp³-hybridized carbons (Fsp3) is 0.400. The molecule has 1 N–H and O–H groups in total. The second-order valence-electron chi connectivity index (χ2n) is 2.80. The lowest BCUT2D eigenvalue weighted by Crippen LogP contribution is -2.07. The third-order valence-corrected chi connectivity index (χ3v) is 2.55. The molecular weight excluding hydrogens is 246 g/mol. The minimum atomic E-state index is 0.736. The fourth-order valence-electron chi connectivity index (χ4n) is 1.32. The van der Waals surface area contributed by atoms with Gasteiger partial charge in [-0.15, -0.1) is 0 Å². The van der Waals surface area contributed by atoms with E-state index in [2.05, 4.69) is 21.2 Å². The summed E-state index contributed by atoms with van der Waals surface area (Å²) in [6.45, 7) is 0.757. The van der Waals surface area contributed by atoms with Crippen LogP contribution in [0.3, 0.4) is 0 Å². The first-order valence-corrected chi connectivity index (χ1v) is 5.07. The van der Waals surface area contributed by atoms with Crippen molar-refractivity contribution in [1.82, 2.24) is 5.32 Å². The molecule has 0 amide bonds. The van der Waals surface area contributed by atoms with Crippen LogP contribution in [0, 0.1) is 0 Å². The molecule has 0 aromatic heterocycles. The molecule has 0 heterocycles. The van der Waals surface area contributed by atoms with Crippen LogP contribution in [-0.4, -0.2) is 21.3 Å². The summed E-state index contributed by atoms with van der Waals surface area (Å²) in [5.41, 5.74) is 1.08. The number of hydrogen-bond donors (Lipinski definition) is 1. The van der Waals surface area contributed by atoms with Crippen LogP contribution in [0.15, 0.2) is 16.6 Å². The molecule has 1 aromatic rings. The maximum absolute atomic E-state index is 5.31. The molecule has 0 aliphatic heterocycles. The monoisotopic (exact) mass is 259 g/mol. The molecule has 0 aliphatic carbocycles. The van der Waals surface area contributed by atoms with Gasteiger partial charge in [-0.25, -0.2) is 0 Å². The van der Waals surface area contributed by atoms with Gasteiger partial charge in [0, 0.05) is 12.1 Å².